The van der Waals surface area contributed by atoms with E-state index in [1.807, 2.05) is 25.1 Å². The number of rotatable bonds is 5. The second kappa shape index (κ2) is 7.25. The van der Waals surface area contributed by atoms with Crippen molar-refractivity contribution in [3.05, 3.63) is 55.6 Å². The van der Waals surface area contributed by atoms with Crippen LogP contribution in [-0.2, 0) is 0 Å². The van der Waals surface area contributed by atoms with Crippen LogP contribution in [-0.4, -0.2) is 18.0 Å². The van der Waals surface area contributed by atoms with Crippen LogP contribution in [0.3, 0.4) is 0 Å². The Morgan fingerprint density at radius 3 is 2.48 bits per heavy atom. The Morgan fingerprint density at radius 1 is 1.29 bits per heavy atom. The Labute approximate surface area is 144 Å². The Morgan fingerprint density at radius 2 is 1.95 bits per heavy atom. The Bertz CT molecular complexity index is 599. The molecule has 1 heterocycles. The first-order valence-corrected chi connectivity index (χ1v) is 8.92. The van der Waals surface area contributed by atoms with Crippen LogP contribution in [0.25, 0.3) is 0 Å². The lowest BCUT2D eigenvalue weighted by atomic mass is 10.0. The standard InChI is InChI=1S/C16H20BrClN2S/c1-10(19)16(15-8-12(17)9-21-15)20(3)11(2)13-6-4-5-7-14(13)18/h4-11,16H,19H2,1-3H3. The molecule has 2 N–H and O–H groups in total. The lowest BCUT2D eigenvalue weighted by Crippen LogP contribution is -2.38. The highest BCUT2D eigenvalue weighted by atomic mass is 79.9. The summed E-state index contributed by atoms with van der Waals surface area (Å²) in [5.41, 5.74) is 7.38. The van der Waals surface area contributed by atoms with Gasteiger partial charge in [-0.1, -0.05) is 29.8 Å². The van der Waals surface area contributed by atoms with E-state index in [2.05, 4.69) is 52.3 Å². The van der Waals surface area contributed by atoms with Crippen molar-refractivity contribution >= 4 is 38.9 Å². The van der Waals surface area contributed by atoms with E-state index in [9.17, 15) is 0 Å². The maximum Gasteiger partial charge on any atom is 0.0593 e. The number of halogens is 2. The summed E-state index contributed by atoms with van der Waals surface area (Å²) < 4.78 is 1.10. The predicted octanol–water partition coefficient (Wildman–Crippen LogP) is 5.25. The molecule has 114 valence electrons. The van der Waals surface area contributed by atoms with E-state index >= 15 is 0 Å². The summed E-state index contributed by atoms with van der Waals surface area (Å²) in [5, 5.41) is 2.89. The molecular weight excluding hydrogens is 368 g/mol. The van der Waals surface area contributed by atoms with Gasteiger partial charge in [0.1, 0.15) is 0 Å². The first kappa shape index (κ1) is 17.0. The van der Waals surface area contributed by atoms with Crippen LogP contribution >= 0.6 is 38.9 Å². The monoisotopic (exact) mass is 386 g/mol. The van der Waals surface area contributed by atoms with Crippen molar-refractivity contribution in [2.24, 2.45) is 5.73 Å². The Kier molecular flexibility index (Phi) is 5.86. The van der Waals surface area contributed by atoms with Gasteiger partial charge in [-0.05, 0) is 54.5 Å². The number of nitrogens with zero attached hydrogens (tertiary/aromatic N) is 1. The molecule has 0 aliphatic heterocycles. The first-order valence-electron chi connectivity index (χ1n) is 6.87. The van der Waals surface area contributed by atoms with Crippen LogP contribution in [0.5, 0.6) is 0 Å². The SMILES string of the molecule is CC(N)C(c1cc(Br)cs1)N(C)C(C)c1ccccc1Cl. The summed E-state index contributed by atoms with van der Waals surface area (Å²) in [4.78, 5) is 3.56. The minimum atomic E-state index is 0.0329. The topological polar surface area (TPSA) is 29.3 Å². The van der Waals surface area contributed by atoms with Crippen molar-refractivity contribution in [1.29, 1.82) is 0 Å². The molecule has 0 amide bonds. The molecule has 0 aliphatic rings. The number of benzene rings is 1. The largest absolute Gasteiger partial charge is 0.326 e. The summed E-state index contributed by atoms with van der Waals surface area (Å²) in [7, 11) is 2.11. The first-order chi connectivity index (χ1) is 9.91. The molecule has 2 nitrogen and oxygen atoms in total. The molecule has 3 unspecified atom stereocenters. The maximum atomic E-state index is 6.33. The Hall–Kier alpha value is -0.390. The zero-order valence-corrected chi connectivity index (χ0v) is 15.5. The molecule has 0 saturated carbocycles. The van der Waals surface area contributed by atoms with Gasteiger partial charge in [0.05, 0.1) is 6.04 Å². The molecule has 3 atom stereocenters. The molecule has 0 bridgehead atoms. The summed E-state index contributed by atoms with van der Waals surface area (Å²) in [6.45, 7) is 4.22. The molecule has 21 heavy (non-hydrogen) atoms. The van der Waals surface area contributed by atoms with Gasteiger partial charge >= 0.3 is 0 Å². The number of nitrogens with two attached hydrogens (primary N) is 1. The van der Waals surface area contributed by atoms with Gasteiger partial charge in [-0.15, -0.1) is 11.3 Å². The number of hydrogen-bond acceptors (Lipinski definition) is 3. The van der Waals surface area contributed by atoms with E-state index in [0.29, 0.717) is 0 Å². The second-order valence-corrected chi connectivity index (χ2v) is 7.60. The third-order valence-corrected chi connectivity index (χ3v) is 5.89. The summed E-state index contributed by atoms with van der Waals surface area (Å²) in [6.07, 6.45) is 0. The molecule has 0 spiro atoms. The fourth-order valence-electron chi connectivity index (χ4n) is 2.59. The number of likely N-dealkylation sites (N-methyl/N-ethyl adjacent to an activating group) is 1. The van der Waals surface area contributed by atoms with Crippen LogP contribution in [0.1, 0.15) is 36.4 Å². The van der Waals surface area contributed by atoms with Gasteiger partial charge in [-0.3, -0.25) is 4.90 Å². The fraction of sp³-hybridized carbons (Fsp3) is 0.375. The lowest BCUT2D eigenvalue weighted by molar-refractivity contribution is 0.168. The van der Waals surface area contributed by atoms with Gasteiger partial charge < -0.3 is 5.73 Å². The fourth-order valence-corrected chi connectivity index (χ4v) is 4.59. The molecule has 2 rings (SSSR count). The van der Waals surface area contributed by atoms with Gasteiger partial charge in [0, 0.05) is 31.8 Å². The zero-order valence-electron chi connectivity index (χ0n) is 12.4. The van der Waals surface area contributed by atoms with Crippen LogP contribution in [0.4, 0.5) is 0 Å². The quantitative estimate of drug-likeness (QED) is 0.759. The van der Waals surface area contributed by atoms with Gasteiger partial charge in [0.25, 0.3) is 0 Å². The summed E-state index contributed by atoms with van der Waals surface area (Å²) in [5.74, 6) is 0. The van der Waals surface area contributed by atoms with E-state index in [1.54, 1.807) is 11.3 Å². The number of thiophene rings is 1. The van der Waals surface area contributed by atoms with Gasteiger partial charge in [-0.2, -0.15) is 0 Å². The van der Waals surface area contributed by atoms with Crippen LogP contribution < -0.4 is 5.73 Å². The van der Waals surface area contributed by atoms with Crippen LogP contribution in [0, 0.1) is 0 Å². The zero-order chi connectivity index (χ0) is 15.6. The molecular formula is C16H20BrClN2S. The van der Waals surface area contributed by atoms with Gasteiger partial charge in [0.15, 0.2) is 0 Å². The average molecular weight is 388 g/mol. The van der Waals surface area contributed by atoms with E-state index in [0.717, 1.165) is 15.1 Å². The van der Waals surface area contributed by atoms with Crippen molar-refractivity contribution < 1.29 is 0 Å². The highest BCUT2D eigenvalue weighted by Gasteiger charge is 2.27. The highest BCUT2D eigenvalue weighted by Crippen LogP contribution is 2.36. The van der Waals surface area contributed by atoms with Crippen molar-refractivity contribution in [2.75, 3.05) is 7.05 Å². The van der Waals surface area contributed by atoms with E-state index in [1.165, 1.54) is 4.88 Å². The normalized spacial score (nSPS) is 16.0. The Balaban J connectivity index is 2.31. The van der Waals surface area contributed by atoms with Crippen molar-refractivity contribution in [1.82, 2.24) is 4.90 Å². The van der Waals surface area contributed by atoms with Crippen LogP contribution in [0.2, 0.25) is 5.02 Å². The maximum absolute atomic E-state index is 6.33. The summed E-state index contributed by atoms with van der Waals surface area (Å²) >= 11 is 11.6. The van der Waals surface area contributed by atoms with Crippen molar-refractivity contribution in [3.63, 3.8) is 0 Å². The third-order valence-electron chi connectivity index (χ3n) is 3.78. The molecule has 2 aromatic rings. The average Bonchev–Trinajstić information content (AvgIpc) is 2.84. The van der Waals surface area contributed by atoms with Gasteiger partial charge in [0.2, 0.25) is 0 Å². The number of hydrogen-bond donors (Lipinski definition) is 1. The minimum absolute atomic E-state index is 0.0329. The van der Waals surface area contributed by atoms with Crippen molar-refractivity contribution in [3.8, 4) is 0 Å². The molecule has 0 aliphatic carbocycles. The summed E-state index contributed by atoms with van der Waals surface area (Å²) in [6, 6.07) is 10.5. The molecule has 1 aromatic carbocycles. The highest BCUT2D eigenvalue weighted by molar-refractivity contribution is 9.10. The molecule has 5 heteroatoms. The molecule has 0 saturated heterocycles. The molecule has 1 aromatic heterocycles. The minimum Gasteiger partial charge on any atom is -0.326 e. The smallest absolute Gasteiger partial charge is 0.0593 e. The van der Waals surface area contributed by atoms with E-state index < -0.39 is 0 Å². The lowest BCUT2D eigenvalue weighted by Gasteiger charge is -2.35. The van der Waals surface area contributed by atoms with Crippen LogP contribution in [0.15, 0.2) is 40.2 Å². The van der Waals surface area contributed by atoms with E-state index in [-0.39, 0.29) is 18.1 Å². The molecule has 0 radical (unpaired) electrons. The third kappa shape index (κ3) is 3.88. The van der Waals surface area contributed by atoms with Crippen molar-refractivity contribution in [2.45, 2.75) is 32.0 Å². The van der Waals surface area contributed by atoms with Gasteiger partial charge in [-0.25, -0.2) is 0 Å². The second-order valence-electron chi connectivity index (χ2n) is 5.33. The molecule has 0 fully saturated rings. The predicted molar refractivity (Wildman–Crippen MR) is 96.0 cm³/mol. The van der Waals surface area contributed by atoms with E-state index in [4.69, 9.17) is 17.3 Å².